The van der Waals surface area contributed by atoms with Crippen LogP contribution in [0.1, 0.15) is 44.0 Å². The van der Waals surface area contributed by atoms with Gasteiger partial charge >= 0.3 is 0 Å². The molecule has 1 aliphatic carbocycles. The molecule has 214 valence electrons. The number of carbonyl (C=O) groups excluding carboxylic acids is 3. The molecule has 0 spiro atoms. The number of aromatic nitrogens is 1. The number of hydrogen-bond acceptors (Lipinski definition) is 5. The van der Waals surface area contributed by atoms with Gasteiger partial charge in [-0.1, -0.05) is 67.9 Å². The van der Waals surface area contributed by atoms with Crippen molar-refractivity contribution in [1.29, 1.82) is 0 Å². The van der Waals surface area contributed by atoms with E-state index in [0.29, 0.717) is 29.1 Å². The number of rotatable bonds is 9. The van der Waals surface area contributed by atoms with Gasteiger partial charge in [-0.25, -0.2) is 0 Å². The van der Waals surface area contributed by atoms with Crippen LogP contribution in [0.5, 0.6) is 0 Å². The average Bonchev–Trinajstić information content (AvgIpc) is 3.75. The molecule has 0 aliphatic heterocycles. The minimum absolute atomic E-state index is 0.0737. The van der Waals surface area contributed by atoms with E-state index in [-0.39, 0.29) is 27.8 Å². The molecule has 1 heterocycles. The third-order valence-electron chi connectivity index (χ3n) is 6.52. The molecule has 0 saturated heterocycles. The molecular formula is C31H33Cl2N4O3P. The number of halogens is 2. The van der Waals surface area contributed by atoms with Crippen molar-refractivity contribution < 1.29 is 14.4 Å². The lowest BCUT2D eigenvalue weighted by molar-refractivity contribution is -0.125. The molecule has 41 heavy (non-hydrogen) atoms. The quantitative estimate of drug-likeness (QED) is 0.174. The summed E-state index contributed by atoms with van der Waals surface area (Å²) in [6, 6.07) is 16.0. The van der Waals surface area contributed by atoms with Crippen molar-refractivity contribution in [2.75, 3.05) is 11.9 Å². The summed E-state index contributed by atoms with van der Waals surface area (Å²) in [5.74, 6) is -0.844. The van der Waals surface area contributed by atoms with Gasteiger partial charge in [-0.2, -0.15) is 0 Å². The highest BCUT2D eigenvalue weighted by Crippen LogP contribution is 2.36. The minimum Gasteiger partial charge on any atom is -0.340 e. The molecule has 1 saturated carbocycles. The van der Waals surface area contributed by atoms with E-state index in [0.717, 1.165) is 11.0 Å². The second-order valence-corrected chi connectivity index (χ2v) is 10.7. The summed E-state index contributed by atoms with van der Waals surface area (Å²) in [6.45, 7) is 9.34. The number of Topliss-reactive ketones (excluding diaryl/α,β-unsaturated/α-hetero) is 1. The first-order valence-electron chi connectivity index (χ1n) is 13.1. The molecule has 2 aromatic carbocycles. The zero-order chi connectivity index (χ0) is 30.3. The molecule has 0 radical (unpaired) electrons. The van der Waals surface area contributed by atoms with Gasteiger partial charge in [0.15, 0.2) is 5.78 Å². The van der Waals surface area contributed by atoms with Crippen molar-refractivity contribution in [3.8, 4) is 11.3 Å². The fourth-order valence-electron chi connectivity index (χ4n) is 3.96. The number of anilines is 1. The Hall–Kier alpha value is -3.51. The van der Waals surface area contributed by atoms with Crippen LogP contribution in [0, 0.1) is 0 Å². The molecule has 7 nitrogen and oxygen atoms in total. The Morgan fingerprint density at radius 2 is 1.71 bits per heavy atom. The number of carbonyl (C=O) groups is 3. The van der Waals surface area contributed by atoms with Crippen molar-refractivity contribution in [3.63, 3.8) is 0 Å². The predicted octanol–water partition coefficient (Wildman–Crippen LogP) is 6.08. The van der Waals surface area contributed by atoms with Crippen LogP contribution in [0.3, 0.4) is 0 Å². The standard InChI is InChI=1S/C29H27Cl2N4O3P.C2H6/c1-17(27(37)34-29(11-12-29)18(2)36)14-25(35(3)19-8-5-4-6-9-19)33-28(38)21-15-20(22(30)16-23(21)31)26-24(39)10-7-13-32-26;1-2/h4-10,13-16H,1,11-12,39H2,2-3H3,(H,33,38)(H,34,37);1-2H3/b25-14-;. The van der Waals surface area contributed by atoms with Crippen LogP contribution in [0.4, 0.5) is 5.69 Å². The first-order valence-corrected chi connectivity index (χ1v) is 14.4. The van der Waals surface area contributed by atoms with Gasteiger partial charge in [0.2, 0.25) is 0 Å². The number of nitrogens with zero attached hydrogens (tertiary/aromatic N) is 2. The second kappa shape index (κ2) is 13.9. The molecule has 2 amide bonds. The number of benzene rings is 2. The highest BCUT2D eigenvalue weighted by molar-refractivity contribution is 7.27. The molecule has 1 unspecified atom stereocenters. The summed E-state index contributed by atoms with van der Waals surface area (Å²) >= 11 is 12.9. The van der Waals surface area contributed by atoms with E-state index in [9.17, 15) is 14.4 Å². The first-order chi connectivity index (χ1) is 19.5. The molecule has 2 N–H and O–H groups in total. The maximum Gasteiger partial charge on any atom is 0.258 e. The van der Waals surface area contributed by atoms with E-state index in [2.05, 4.69) is 31.4 Å². The molecular weight excluding hydrogens is 578 g/mol. The molecule has 1 fully saturated rings. The monoisotopic (exact) mass is 610 g/mol. The van der Waals surface area contributed by atoms with E-state index in [1.807, 2.05) is 50.2 Å². The first kappa shape index (κ1) is 32.0. The lowest BCUT2D eigenvalue weighted by Crippen LogP contribution is -2.42. The van der Waals surface area contributed by atoms with Crippen molar-refractivity contribution in [3.05, 3.63) is 100 Å². The van der Waals surface area contributed by atoms with Gasteiger partial charge in [-0.15, -0.1) is 9.24 Å². The lowest BCUT2D eigenvalue weighted by Gasteiger charge is -2.24. The van der Waals surface area contributed by atoms with Crippen LogP contribution >= 0.6 is 32.4 Å². The third kappa shape index (κ3) is 7.62. The Balaban J connectivity index is 0.00000226. The largest absolute Gasteiger partial charge is 0.340 e. The van der Waals surface area contributed by atoms with Crippen LogP contribution in [0.25, 0.3) is 11.3 Å². The smallest absolute Gasteiger partial charge is 0.258 e. The van der Waals surface area contributed by atoms with Crippen molar-refractivity contribution in [2.45, 2.75) is 39.2 Å². The summed E-state index contributed by atoms with van der Waals surface area (Å²) in [6.07, 6.45) is 4.27. The highest BCUT2D eigenvalue weighted by atomic mass is 35.5. The summed E-state index contributed by atoms with van der Waals surface area (Å²) in [5, 5.41) is 6.94. The van der Waals surface area contributed by atoms with E-state index >= 15 is 0 Å². The number of hydrogen-bond donors (Lipinski definition) is 2. The zero-order valence-corrected chi connectivity index (χ0v) is 26.1. The summed E-state index contributed by atoms with van der Waals surface area (Å²) < 4.78 is 0. The van der Waals surface area contributed by atoms with Crippen molar-refractivity contribution >= 4 is 61.0 Å². The van der Waals surface area contributed by atoms with Crippen molar-refractivity contribution in [1.82, 2.24) is 15.6 Å². The molecule has 1 aliphatic rings. The Bertz CT molecular complexity index is 1500. The van der Waals surface area contributed by atoms with Crippen LogP contribution in [-0.4, -0.2) is 35.2 Å². The Labute approximate surface area is 253 Å². The second-order valence-electron chi connectivity index (χ2n) is 9.25. The summed E-state index contributed by atoms with van der Waals surface area (Å²) in [5.41, 5.74) is 1.30. The Morgan fingerprint density at radius 3 is 2.29 bits per heavy atom. The van der Waals surface area contributed by atoms with Crippen LogP contribution in [0.2, 0.25) is 10.0 Å². The third-order valence-corrected chi connectivity index (χ3v) is 7.61. The fraction of sp³-hybridized carbons (Fsp3) is 0.226. The molecule has 4 rings (SSSR count). The van der Waals surface area contributed by atoms with Gasteiger partial charge in [0.25, 0.3) is 11.8 Å². The SMILES string of the molecule is C=C(/C=C(/NC(=O)c1cc(-c2ncccc2P)c(Cl)cc1Cl)N(C)c1ccccc1)C(=O)NC1(C(C)=O)CC1.CC. The topological polar surface area (TPSA) is 91.4 Å². The number of para-hydroxylation sites is 1. The van der Waals surface area contributed by atoms with E-state index < -0.39 is 17.4 Å². The normalized spacial score (nSPS) is 13.3. The van der Waals surface area contributed by atoms with Crippen LogP contribution in [-0.2, 0) is 9.59 Å². The van der Waals surface area contributed by atoms with E-state index in [4.69, 9.17) is 23.2 Å². The van der Waals surface area contributed by atoms with Crippen LogP contribution in [0.15, 0.2) is 84.8 Å². The van der Waals surface area contributed by atoms with Crippen LogP contribution < -0.4 is 20.8 Å². The maximum atomic E-state index is 13.6. The van der Waals surface area contributed by atoms with E-state index in [1.165, 1.54) is 19.1 Å². The van der Waals surface area contributed by atoms with E-state index in [1.54, 1.807) is 30.3 Å². The van der Waals surface area contributed by atoms with Gasteiger partial charge in [-0.3, -0.25) is 19.4 Å². The highest BCUT2D eigenvalue weighted by Gasteiger charge is 2.48. The lowest BCUT2D eigenvalue weighted by atomic mass is 10.1. The predicted molar refractivity (Wildman–Crippen MR) is 171 cm³/mol. The molecule has 3 aromatic rings. The van der Waals surface area contributed by atoms with Gasteiger partial charge in [0.1, 0.15) is 5.82 Å². The number of nitrogens with one attached hydrogen (secondary N) is 2. The summed E-state index contributed by atoms with van der Waals surface area (Å²) in [7, 11) is 4.34. The minimum atomic E-state index is -0.836. The Morgan fingerprint density at radius 1 is 1.05 bits per heavy atom. The fourth-order valence-corrected chi connectivity index (χ4v) is 4.86. The summed E-state index contributed by atoms with van der Waals surface area (Å²) in [4.78, 5) is 44.5. The maximum absolute atomic E-state index is 13.6. The van der Waals surface area contributed by atoms with Crippen molar-refractivity contribution in [2.24, 2.45) is 0 Å². The Kier molecular flexibility index (Phi) is 10.9. The zero-order valence-electron chi connectivity index (χ0n) is 23.4. The number of ketones is 1. The molecule has 1 aromatic heterocycles. The number of pyridine rings is 1. The molecule has 1 atom stereocenters. The molecule has 10 heteroatoms. The van der Waals surface area contributed by atoms with Gasteiger partial charge in [-0.05, 0) is 61.5 Å². The molecule has 0 bridgehead atoms. The van der Waals surface area contributed by atoms with Gasteiger partial charge < -0.3 is 15.5 Å². The average molecular weight is 612 g/mol. The van der Waals surface area contributed by atoms with Gasteiger partial charge in [0, 0.05) is 30.1 Å². The number of amides is 2. The van der Waals surface area contributed by atoms with Gasteiger partial charge in [0.05, 0.1) is 26.8 Å².